The minimum atomic E-state index is -3.49. The summed E-state index contributed by atoms with van der Waals surface area (Å²) in [6.45, 7) is 1.10. The SMILES string of the molecule is COc1cc(NS(C)(=O)=O)ccc1-n1nc(C(=O)NCCN(C)C)c2cnc(-c3cnn4cccnc34)cc21. The Kier molecular flexibility index (Phi) is 6.89. The third-order valence-corrected chi connectivity index (χ3v) is 6.50. The lowest BCUT2D eigenvalue weighted by Gasteiger charge is -2.12. The van der Waals surface area contributed by atoms with Crippen molar-refractivity contribution in [2.75, 3.05) is 45.3 Å². The van der Waals surface area contributed by atoms with Gasteiger partial charge in [0.15, 0.2) is 11.3 Å². The first-order valence-electron chi connectivity index (χ1n) is 11.9. The number of pyridine rings is 1. The van der Waals surface area contributed by atoms with Gasteiger partial charge in [0.1, 0.15) is 11.4 Å². The number of amides is 1. The van der Waals surface area contributed by atoms with E-state index in [4.69, 9.17) is 4.74 Å². The topological polar surface area (TPSA) is 149 Å². The molecule has 4 aromatic heterocycles. The lowest BCUT2D eigenvalue weighted by molar-refractivity contribution is 0.0947. The molecule has 14 heteroatoms. The quantitative estimate of drug-likeness (QED) is 0.281. The number of sulfonamides is 1. The van der Waals surface area contributed by atoms with Gasteiger partial charge in [-0.1, -0.05) is 0 Å². The fourth-order valence-electron chi connectivity index (χ4n) is 4.12. The van der Waals surface area contributed by atoms with Gasteiger partial charge in [-0.25, -0.2) is 22.6 Å². The molecule has 39 heavy (non-hydrogen) atoms. The highest BCUT2D eigenvalue weighted by Crippen LogP contribution is 2.32. The zero-order valence-corrected chi connectivity index (χ0v) is 22.6. The van der Waals surface area contributed by atoms with Crippen LogP contribution in [0.15, 0.2) is 55.1 Å². The summed E-state index contributed by atoms with van der Waals surface area (Å²) < 4.78 is 34.8. The predicted molar refractivity (Wildman–Crippen MR) is 147 cm³/mol. The Morgan fingerprint density at radius 3 is 2.72 bits per heavy atom. The fourth-order valence-corrected chi connectivity index (χ4v) is 4.68. The standard InChI is InChI=1S/C25H27N9O4S/c1-32(2)11-9-27-25(35)23-18-14-28-19(17-15-29-33-10-5-8-26-24(17)33)13-21(18)34(30-23)20-7-6-16(12-22(20)38-3)31-39(4,36)37/h5-8,10,12-15,31H,9,11H2,1-4H3,(H,27,35). The molecule has 1 aromatic carbocycles. The zero-order valence-electron chi connectivity index (χ0n) is 21.8. The highest BCUT2D eigenvalue weighted by molar-refractivity contribution is 7.92. The first-order chi connectivity index (χ1) is 18.6. The lowest BCUT2D eigenvalue weighted by atomic mass is 10.1. The van der Waals surface area contributed by atoms with Gasteiger partial charge in [0.05, 0.1) is 47.4 Å². The van der Waals surface area contributed by atoms with Gasteiger partial charge in [-0.05, 0) is 38.4 Å². The van der Waals surface area contributed by atoms with Crippen molar-refractivity contribution in [2.45, 2.75) is 0 Å². The Morgan fingerprint density at radius 1 is 1.15 bits per heavy atom. The van der Waals surface area contributed by atoms with Crippen molar-refractivity contribution in [3.63, 3.8) is 0 Å². The minimum Gasteiger partial charge on any atom is -0.494 e. The number of likely N-dealkylation sites (N-methyl/N-ethyl adjacent to an activating group) is 1. The zero-order chi connectivity index (χ0) is 27.7. The van der Waals surface area contributed by atoms with Crippen LogP contribution in [-0.4, -0.2) is 89.1 Å². The van der Waals surface area contributed by atoms with Crippen LogP contribution in [0.25, 0.3) is 33.5 Å². The van der Waals surface area contributed by atoms with Gasteiger partial charge in [0, 0.05) is 37.7 Å². The van der Waals surface area contributed by atoms with Crippen molar-refractivity contribution < 1.29 is 17.9 Å². The molecule has 5 rings (SSSR count). The maximum absolute atomic E-state index is 13.2. The van der Waals surface area contributed by atoms with E-state index in [1.54, 1.807) is 58.3 Å². The minimum absolute atomic E-state index is 0.196. The first kappa shape index (κ1) is 26.1. The van der Waals surface area contributed by atoms with E-state index >= 15 is 0 Å². The molecule has 4 heterocycles. The number of hydrogen-bond acceptors (Lipinski definition) is 9. The third-order valence-electron chi connectivity index (χ3n) is 5.89. The van der Waals surface area contributed by atoms with Crippen molar-refractivity contribution in [1.82, 2.24) is 39.6 Å². The second-order valence-corrected chi connectivity index (χ2v) is 10.9. The molecular formula is C25H27N9O4S. The molecule has 0 atom stereocenters. The summed E-state index contributed by atoms with van der Waals surface area (Å²) >= 11 is 0. The molecule has 0 bridgehead atoms. The summed E-state index contributed by atoms with van der Waals surface area (Å²) in [5, 5.41) is 12.4. The van der Waals surface area contributed by atoms with Gasteiger partial charge < -0.3 is 15.0 Å². The van der Waals surface area contributed by atoms with Crippen molar-refractivity contribution >= 4 is 38.2 Å². The number of rotatable bonds is 9. The second-order valence-electron chi connectivity index (χ2n) is 9.11. The fraction of sp³-hybridized carbons (Fsp3) is 0.240. The Hall–Kier alpha value is -4.56. The molecule has 0 unspecified atom stereocenters. The Balaban J connectivity index is 1.66. The van der Waals surface area contributed by atoms with Crippen LogP contribution in [0.4, 0.5) is 5.69 Å². The van der Waals surface area contributed by atoms with Crippen molar-refractivity contribution in [1.29, 1.82) is 0 Å². The molecule has 0 aliphatic carbocycles. The summed E-state index contributed by atoms with van der Waals surface area (Å²) in [5.74, 6) is 0.00533. The van der Waals surface area contributed by atoms with E-state index in [0.717, 1.165) is 6.26 Å². The predicted octanol–water partition coefficient (Wildman–Crippen LogP) is 1.80. The highest BCUT2D eigenvalue weighted by Gasteiger charge is 2.22. The molecule has 0 radical (unpaired) electrons. The number of nitrogens with one attached hydrogen (secondary N) is 2. The summed E-state index contributed by atoms with van der Waals surface area (Å²) in [6.07, 6.45) is 7.82. The number of anilines is 1. The molecule has 13 nitrogen and oxygen atoms in total. The van der Waals surface area contributed by atoms with Gasteiger partial charge in [-0.3, -0.25) is 14.5 Å². The maximum atomic E-state index is 13.2. The number of carbonyl (C=O) groups is 1. The Bertz CT molecular complexity index is 1790. The number of methoxy groups -OCH3 is 1. The lowest BCUT2D eigenvalue weighted by Crippen LogP contribution is -2.31. The molecule has 202 valence electrons. The normalized spacial score (nSPS) is 11.8. The van der Waals surface area contributed by atoms with E-state index in [9.17, 15) is 13.2 Å². The summed E-state index contributed by atoms with van der Waals surface area (Å²) in [6, 6.07) is 8.42. The van der Waals surface area contributed by atoms with E-state index in [0.29, 0.717) is 58.0 Å². The molecule has 0 aliphatic heterocycles. The van der Waals surface area contributed by atoms with Crippen LogP contribution in [0, 0.1) is 0 Å². The Labute approximate surface area is 224 Å². The third kappa shape index (κ3) is 5.37. The number of nitrogens with zero attached hydrogens (tertiary/aromatic N) is 7. The van der Waals surface area contributed by atoms with E-state index in [1.807, 2.05) is 25.1 Å². The number of benzene rings is 1. The average molecular weight is 550 g/mol. The van der Waals surface area contributed by atoms with Crippen LogP contribution in [0.5, 0.6) is 5.75 Å². The van der Waals surface area contributed by atoms with E-state index in [-0.39, 0.29) is 11.6 Å². The molecule has 0 saturated heterocycles. The van der Waals surface area contributed by atoms with Crippen LogP contribution in [0.2, 0.25) is 0 Å². The number of hydrogen-bond donors (Lipinski definition) is 2. The molecule has 0 aliphatic rings. The number of ether oxygens (including phenoxy) is 1. The smallest absolute Gasteiger partial charge is 0.272 e. The maximum Gasteiger partial charge on any atom is 0.272 e. The summed E-state index contributed by atoms with van der Waals surface area (Å²) in [7, 11) is 1.83. The van der Waals surface area contributed by atoms with Gasteiger partial charge in [-0.15, -0.1) is 0 Å². The van der Waals surface area contributed by atoms with Crippen LogP contribution in [0.3, 0.4) is 0 Å². The largest absolute Gasteiger partial charge is 0.494 e. The summed E-state index contributed by atoms with van der Waals surface area (Å²) in [5.41, 5.74) is 3.55. The molecule has 2 N–H and O–H groups in total. The van der Waals surface area contributed by atoms with Crippen LogP contribution in [0.1, 0.15) is 10.5 Å². The molecule has 0 fully saturated rings. The van der Waals surface area contributed by atoms with Gasteiger partial charge in [0.2, 0.25) is 10.0 Å². The van der Waals surface area contributed by atoms with Crippen molar-refractivity contribution in [3.8, 4) is 22.7 Å². The molecule has 1 amide bonds. The average Bonchev–Trinajstić information content (AvgIpc) is 3.49. The first-order valence-corrected chi connectivity index (χ1v) is 13.8. The molecule has 5 aromatic rings. The Morgan fingerprint density at radius 2 is 1.97 bits per heavy atom. The number of fused-ring (bicyclic) bond motifs is 2. The van der Waals surface area contributed by atoms with Crippen LogP contribution in [-0.2, 0) is 10.0 Å². The molecule has 0 saturated carbocycles. The van der Waals surface area contributed by atoms with Crippen molar-refractivity contribution in [3.05, 3.63) is 60.8 Å². The van der Waals surface area contributed by atoms with E-state index in [1.165, 1.54) is 7.11 Å². The highest BCUT2D eigenvalue weighted by atomic mass is 32.2. The molecular weight excluding hydrogens is 522 g/mol. The number of aromatic nitrogens is 6. The molecule has 0 spiro atoms. The van der Waals surface area contributed by atoms with Gasteiger partial charge in [0.25, 0.3) is 5.91 Å². The van der Waals surface area contributed by atoms with Crippen LogP contribution < -0.4 is 14.8 Å². The van der Waals surface area contributed by atoms with E-state index < -0.39 is 10.0 Å². The summed E-state index contributed by atoms with van der Waals surface area (Å²) in [4.78, 5) is 24.2. The van der Waals surface area contributed by atoms with E-state index in [2.05, 4.69) is 30.2 Å². The second kappa shape index (κ2) is 10.3. The number of carbonyl (C=O) groups excluding carboxylic acids is 1. The van der Waals surface area contributed by atoms with Gasteiger partial charge >= 0.3 is 0 Å². The van der Waals surface area contributed by atoms with Crippen molar-refractivity contribution in [2.24, 2.45) is 0 Å². The van der Waals surface area contributed by atoms with Crippen LogP contribution >= 0.6 is 0 Å². The van der Waals surface area contributed by atoms with Gasteiger partial charge in [-0.2, -0.15) is 10.2 Å². The monoisotopic (exact) mass is 549 g/mol.